The third-order valence-electron chi connectivity index (χ3n) is 2.14. The van der Waals surface area contributed by atoms with Crippen LogP contribution in [0.15, 0.2) is 30.3 Å². The third kappa shape index (κ3) is 4.78. The van der Waals surface area contributed by atoms with Crippen LogP contribution in [0.2, 0.25) is 0 Å². The molecule has 0 saturated heterocycles. The molecular weight excluding hydrogens is 234 g/mol. The molecule has 0 aliphatic rings. The summed E-state index contributed by atoms with van der Waals surface area (Å²) >= 11 is 0. The summed E-state index contributed by atoms with van der Waals surface area (Å²) in [5.41, 5.74) is 0.514. The number of ketones is 1. The largest absolute Gasteiger partial charge is 0.441 e. The van der Waals surface area contributed by atoms with Crippen LogP contribution in [0.3, 0.4) is 0 Å². The smallest absolute Gasteiger partial charge is 0.304 e. The van der Waals surface area contributed by atoms with Gasteiger partial charge in [-0.1, -0.05) is 30.3 Å². The minimum atomic E-state index is -0.923. The van der Waals surface area contributed by atoms with Gasteiger partial charge >= 0.3 is 5.97 Å². The Morgan fingerprint density at radius 3 is 2.28 bits per heavy atom. The molecule has 1 aromatic rings. The second-order valence-electron chi connectivity index (χ2n) is 3.79. The zero-order chi connectivity index (χ0) is 13.5. The predicted octanol–water partition coefficient (Wildman–Crippen LogP) is 1.28. The molecule has 0 aliphatic carbocycles. The Labute approximate surface area is 105 Å². The van der Waals surface area contributed by atoms with Crippen molar-refractivity contribution < 1.29 is 19.1 Å². The van der Waals surface area contributed by atoms with Crippen molar-refractivity contribution in [1.82, 2.24) is 5.32 Å². The molecule has 0 radical (unpaired) electrons. The average molecular weight is 249 g/mol. The Balaban J connectivity index is 2.68. The van der Waals surface area contributed by atoms with Gasteiger partial charge in [-0.2, -0.15) is 0 Å². The van der Waals surface area contributed by atoms with E-state index < -0.39 is 12.2 Å². The molecular formula is C13H15NO4. The summed E-state index contributed by atoms with van der Waals surface area (Å²) in [7, 11) is 0. The molecule has 1 rings (SSSR count). The van der Waals surface area contributed by atoms with Gasteiger partial charge in [0.15, 0.2) is 12.0 Å². The Morgan fingerprint density at radius 2 is 1.78 bits per heavy atom. The Hall–Kier alpha value is -2.17. The molecule has 5 heteroatoms. The first-order valence-electron chi connectivity index (χ1n) is 5.51. The summed E-state index contributed by atoms with van der Waals surface area (Å²) in [6.07, 6.45) is -1.00. The standard InChI is InChI=1S/C13H15NO4/c1-9(15)14-13(18-10(2)16)8-12(17)11-6-4-3-5-7-11/h3-7,13H,8H2,1-2H3,(H,14,15). The van der Waals surface area contributed by atoms with Gasteiger partial charge < -0.3 is 10.1 Å². The Kier molecular flexibility index (Phi) is 5.05. The van der Waals surface area contributed by atoms with Crippen LogP contribution in [0, 0.1) is 0 Å². The molecule has 0 fully saturated rings. The van der Waals surface area contributed by atoms with E-state index in [0.717, 1.165) is 0 Å². The number of ether oxygens (including phenoxy) is 1. The summed E-state index contributed by atoms with van der Waals surface area (Å²) in [5.74, 6) is -1.10. The zero-order valence-corrected chi connectivity index (χ0v) is 10.3. The molecule has 1 amide bonds. The van der Waals surface area contributed by atoms with Gasteiger partial charge in [0, 0.05) is 19.4 Å². The van der Waals surface area contributed by atoms with Crippen molar-refractivity contribution in [2.75, 3.05) is 0 Å². The van der Waals surface area contributed by atoms with E-state index in [4.69, 9.17) is 4.74 Å². The van der Waals surface area contributed by atoms with Gasteiger partial charge in [0.2, 0.25) is 5.91 Å². The summed E-state index contributed by atoms with van der Waals surface area (Å²) in [6, 6.07) is 8.62. The quantitative estimate of drug-likeness (QED) is 0.485. The van der Waals surface area contributed by atoms with E-state index in [1.165, 1.54) is 13.8 Å². The van der Waals surface area contributed by atoms with Crippen LogP contribution in [0.25, 0.3) is 0 Å². The van der Waals surface area contributed by atoms with E-state index in [1.54, 1.807) is 30.3 Å². The lowest BCUT2D eigenvalue weighted by molar-refractivity contribution is -0.149. The molecule has 1 N–H and O–H groups in total. The molecule has 5 nitrogen and oxygen atoms in total. The van der Waals surface area contributed by atoms with E-state index in [0.29, 0.717) is 5.56 Å². The third-order valence-corrected chi connectivity index (χ3v) is 2.14. The van der Waals surface area contributed by atoms with Gasteiger partial charge in [-0.25, -0.2) is 0 Å². The van der Waals surface area contributed by atoms with Crippen molar-refractivity contribution in [1.29, 1.82) is 0 Å². The summed E-state index contributed by atoms with van der Waals surface area (Å²) in [6.45, 7) is 2.52. The van der Waals surface area contributed by atoms with E-state index in [9.17, 15) is 14.4 Å². The molecule has 0 heterocycles. The van der Waals surface area contributed by atoms with Crippen molar-refractivity contribution in [2.24, 2.45) is 0 Å². The lowest BCUT2D eigenvalue weighted by Crippen LogP contribution is -2.38. The number of esters is 1. The van der Waals surface area contributed by atoms with E-state index in [-0.39, 0.29) is 18.1 Å². The first-order valence-corrected chi connectivity index (χ1v) is 5.51. The first kappa shape index (κ1) is 13.9. The van der Waals surface area contributed by atoms with E-state index in [2.05, 4.69) is 5.32 Å². The number of hydrogen-bond donors (Lipinski definition) is 1. The maximum atomic E-state index is 11.9. The Morgan fingerprint density at radius 1 is 1.17 bits per heavy atom. The number of carbonyl (C=O) groups is 3. The van der Waals surface area contributed by atoms with Gasteiger partial charge in [0.05, 0.1) is 6.42 Å². The van der Waals surface area contributed by atoms with Crippen LogP contribution >= 0.6 is 0 Å². The highest BCUT2D eigenvalue weighted by atomic mass is 16.6. The summed E-state index contributed by atoms with van der Waals surface area (Å²) in [4.78, 5) is 33.7. The molecule has 0 aromatic heterocycles. The van der Waals surface area contributed by atoms with Crippen LogP contribution in [0.4, 0.5) is 0 Å². The molecule has 18 heavy (non-hydrogen) atoms. The van der Waals surface area contributed by atoms with Crippen LogP contribution in [0.5, 0.6) is 0 Å². The molecule has 0 bridgehead atoms. The minimum Gasteiger partial charge on any atom is -0.441 e. The van der Waals surface area contributed by atoms with Gasteiger partial charge in [-0.3, -0.25) is 14.4 Å². The molecule has 0 aliphatic heterocycles. The van der Waals surface area contributed by atoms with Crippen molar-refractivity contribution >= 4 is 17.7 Å². The predicted molar refractivity (Wildman–Crippen MR) is 64.8 cm³/mol. The zero-order valence-electron chi connectivity index (χ0n) is 10.3. The number of amides is 1. The molecule has 1 atom stereocenters. The lowest BCUT2D eigenvalue weighted by Gasteiger charge is -2.16. The molecule has 0 spiro atoms. The summed E-state index contributed by atoms with van der Waals surface area (Å²) < 4.78 is 4.86. The van der Waals surface area contributed by atoms with Crippen LogP contribution in [-0.2, 0) is 14.3 Å². The SMILES string of the molecule is CC(=O)NC(CC(=O)c1ccccc1)OC(C)=O. The van der Waals surface area contributed by atoms with Gasteiger partial charge in [-0.15, -0.1) is 0 Å². The van der Waals surface area contributed by atoms with E-state index in [1.807, 2.05) is 0 Å². The molecule has 96 valence electrons. The van der Waals surface area contributed by atoms with Crippen molar-refractivity contribution in [3.05, 3.63) is 35.9 Å². The lowest BCUT2D eigenvalue weighted by atomic mass is 10.1. The Bertz CT molecular complexity index is 426. The number of benzene rings is 1. The average Bonchev–Trinajstić information content (AvgIpc) is 2.28. The second kappa shape index (κ2) is 6.54. The molecule has 1 unspecified atom stereocenters. The number of carbonyl (C=O) groups excluding carboxylic acids is 3. The number of hydrogen-bond acceptors (Lipinski definition) is 4. The number of nitrogens with one attached hydrogen (secondary N) is 1. The van der Waals surface area contributed by atoms with Crippen LogP contribution in [-0.4, -0.2) is 23.9 Å². The molecule has 1 aromatic carbocycles. The normalized spacial score (nSPS) is 11.4. The maximum Gasteiger partial charge on any atom is 0.304 e. The second-order valence-corrected chi connectivity index (χ2v) is 3.79. The van der Waals surface area contributed by atoms with Gasteiger partial charge in [-0.05, 0) is 0 Å². The van der Waals surface area contributed by atoms with Gasteiger partial charge in [0.1, 0.15) is 0 Å². The van der Waals surface area contributed by atoms with Crippen molar-refractivity contribution in [3.63, 3.8) is 0 Å². The topological polar surface area (TPSA) is 72.5 Å². The van der Waals surface area contributed by atoms with Crippen LogP contribution < -0.4 is 5.32 Å². The fourth-order valence-corrected chi connectivity index (χ4v) is 1.46. The van der Waals surface area contributed by atoms with Crippen LogP contribution in [0.1, 0.15) is 30.6 Å². The fraction of sp³-hybridized carbons (Fsp3) is 0.308. The van der Waals surface area contributed by atoms with Crippen molar-refractivity contribution in [3.8, 4) is 0 Å². The monoisotopic (exact) mass is 249 g/mol. The number of Topliss-reactive ketones (excluding diaryl/α,β-unsaturated/α-hetero) is 1. The maximum absolute atomic E-state index is 11.9. The highest BCUT2D eigenvalue weighted by Crippen LogP contribution is 2.06. The number of rotatable bonds is 5. The summed E-state index contributed by atoms with van der Waals surface area (Å²) in [5, 5.41) is 2.41. The van der Waals surface area contributed by atoms with Gasteiger partial charge in [0.25, 0.3) is 0 Å². The molecule has 0 saturated carbocycles. The van der Waals surface area contributed by atoms with E-state index >= 15 is 0 Å². The fourth-order valence-electron chi connectivity index (χ4n) is 1.46. The van der Waals surface area contributed by atoms with Crippen molar-refractivity contribution in [2.45, 2.75) is 26.5 Å². The minimum absolute atomic E-state index is 0.0802. The highest BCUT2D eigenvalue weighted by molar-refractivity contribution is 5.96. The highest BCUT2D eigenvalue weighted by Gasteiger charge is 2.18. The first-order chi connectivity index (χ1) is 8.49.